The molecule has 0 aliphatic carbocycles. The smallest absolute Gasteiger partial charge is 0.244 e. The predicted molar refractivity (Wildman–Crippen MR) is 86.3 cm³/mol. The Bertz CT molecular complexity index is 497. The third kappa shape index (κ3) is 4.06. The van der Waals surface area contributed by atoms with Crippen molar-refractivity contribution in [3.8, 4) is 0 Å². The molecule has 3 N–H and O–H groups in total. The van der Waals surface area contributed by atoms with Crippen molar-refractivity contribution in [3.63, 3.8) is 0 Å². The van der Waals surface area contributed by atoms with Crippen LogP contribution in [0.4, 0.5) is 11.6 Å². The summed E-state index contributed by atoms with van der Waals surface area (Å²) in [4.78, 5) is 22.9. The first-order chi connectivity index (χ1) is 9.81. The average molecular weight is 293 g/mol. The number of hydrogen-bond acceptors (Lipinski definition) is 5. The van der Waals surface area contributed by atoms with Gasteiger partial charge in [-0.15, -0.1) is 0 Å². The van der Waals surface area contributed by atoms with Gasteiger partial charge in [0.1, 0.15) is 23.5 Å². The molecule has 1 rings (SSSR count). The van der Waals surface area contributed by atoms with Gasteiger partial charge in [0.2, 0.25) is 5.91 Å². The lowest BCUT2D eigenvalue weighted by molar-refractivity contribution is -0.131. The largest absolute Gasteiger partial charge is 0.383 e. The van der Waals surface area contributed by atoms with Crippen LogP contribution in [0.5, 0.6) is 0 Å². The van der Waals surface area contributed by atoms with Gasteiger partial charge in [-0.25, -0.2) is 9.97 Å². The minimum absolute atomic E-state index is 0.0580. The van der Waals surface area contributed by atoms with Gasteiger partial charge in [-0.2, -0.15) is 0 Å². The number of nitrogen functional groups attached to an aromatic ring is 1. The Labute approximate surface area is 127 Å². The number of carbonyl (C=O) groups is 1. The highest BCUT2D eigenvalue weighted by molar-refractivity contribution is 5.84. The number of aromatic nitrogens is 2. The summed E-state index contributed by atoms with van der Waals surface area (Å²) in [6.07, 6.45) is 0. The van der Waals surface area contributed by atoms with Crippen molar-refractivity contribution in [1.29, 1.82) is 0 Å². The molecule has 1 unspecified atom stereocenters. The van der Waals surface area contributed by atoms with Crippen molar-refractivity contribution in [2.24, 2.45) is 0 Å². The molecule has 1 aromatic heterocycles. The van der Waals surface area contributed by atoms with Crippen molar-refractivity contribution in [2.75, 3.05) is 24.1 Å². The maximum Gasteiger partial charge on any atom is 0.244 e. The van der Waals surface area contributed by atoms with Crippen LogP contribution in [0.25, 0.3) is 0 Å². The molecule has 0 fully saturated rings. The van der Waals surface area contributed by atoms with E-state index >= 15 is 0 Å². The van der Waals surface area contributed by atoms with E-state index in [0.717, 1.165) is 5.56 Å². The molecule has 0 spiro atoms. The quantitative estimate of drug-likeness (QED) is 0.839. The highest BCUT2D eigenvalue weighted by Gasteiger charge is 2.20. The van der Waals surface area contributed by atoms with Crippen LogP contribution in [0.3, 0.4) is 0 Å². The molecule has 0 radical (unpaired) electrons. The Morgan fingerprint density at radius 1 is 1.24 bits per heavy atom. The summed E-state index contributed by atoms with van der Waals surface area (Å²) in [6.45, 7) is 13.1. The molecule has 0 aliphatic rings. The Morgan fingerprint density at radius 2 is 1.81 bits per heavy atom. The number of nitrogens with one attached hydrogen (secondary N) is 1. The van der Waals surface area contributed by atoms with Gasteiger partial charge in [0, 0.05) is 24.6 Å². The first-order valence-electron chi connectivity index (χ1n) is 7.51. The van der Waals surface area contributed by atoms with Crippen LogP contribution >= 0.6 is 0 Å². The molecule has 0 saturated carbocycles. The number of likely N-dealkylation sites (N-methyl/N-ethyl adjacent to an activating group) is 1. The second-order valence-electron chi connectivity index (χ2n) is 5.47. The van der Waals surface area contributed by atoms with E-state index < -0.39 is 0 Å². The van der Waals surface area contributed by atoms with Gasteiger partial charge >= 0.3 is 0 Å². The lowest BCUT2D eigenvalue weighted by atomic mass is 10.2. The normalized spacial score (nSPS) is 12.3. The number of nitrogens with zero attached hydrogens (tertiary/aromatic N) is 3. The number of amides is 1. The zero-order valence-electron chi connectivity index (χ0n) is 13.9. The van der Waals surface area contributed by atoms with Crippen molar-refractivity contribution < 1.29 is 4.79 Å². The lowest BCUT2D eigenvalue weighted by Crippen LogP contribution is -2.41. The fourth-order valence-electron chi connectivity index (χ4n) is 2.03. The number of carbonyl (C=O) groups excluding carboxylic acids is 1. The number of rotatable bonds is 6. The number of nitrogens with two attached hydrogens (primary N) is 1. The molecule has 0 aromatic carbocycles. The average Bonchev–Trinajstić information content (AvgIpc) is 2.44. The van der Waals surface area contributed by atoms with Gasteiger partial charge in [-0.05, 0) is 27.7 Å². The van der Waals surface area contributed by atoms with Crippen molar-refractivity contribution in [3.05, 3.63) is 11.4 Å². The molecule has 6 heteroatoms. The van der Waals surface area contributed by atoms with E-state index in [9.17, 15) is 4.79 Å². The zero-order valence-corrected chi connectivity index (χ0v) is 13.9. The topological polar surface area (TPSA) is 84.1 Å². The van der Waals surface area contributed by atoms with E-state index in [4.69, 9.17) is 5.73 Å². The van der Waals surface area contributed by atoms with Crippen LogP contribution in [0, 0.1) is 6.92 Å². The van der Waals surface area contributed by atoms with Crippen molar-refractivity contribution in [2.45, 2.75) is 53.5 Å². The van der Waals surface area contributed by atoms with Crippen LogP contribution in [0.15, 0.2) is 0 Å². The molecule has 118 valence electrons. The molecule has 0 bridgehead atoms. The zero-order chi connectivity index (χ0) is 16.2. The monoisotopic (exact) mass is 293 g/mol. The fraction of sp³-hybridized carbons (Fsp3) is 0.667. The second-order valence-corrected chi connectivity index (χ2v) is 5.47. The van der Waals surface area contributed by atoms with E-state index in [0.29, 0.717) is 30.5 Å². The molecular weight excluding hydrogens is 266 g/mol. The van der Waals surface area contributed by atoms with Crippen LogP contribution in [0.2, 0.25) is 0 Å². The third-order valence-electron chi connectivity index (χ3n) is 3.52. The van der Waals surface area contributed by atoms with Crippen molar-refractivity contribution >= 4 is 17.5 Å². The Hall–Kier alpha value is -1.85. The molecule has 0 aliphatic heterocycles. The van der Waals surface area contributed by atoms with E-state index in [2.05, 4.69) is 15.3 Å². The molecule has 21 heavy (non-hydrogen) atoms. The summed E-state index contributed by atoms with van der Waals surface area (Å²) >= 11 is 0. The molecular formula is C15H27N5O. The van der Waals surface area contributed by atoms with E-state index in [1.165, 1.54) is 0 Å². The van der Waals surface area contributed by atoms with Crippen LogP contribution in [-0.2, 0) is 4.79 Å². The van der Waals surface area contributed by atoms with Crippen molar-refractivity contribution in [1.82, 2.24) is 14.9 Å². The second kappa shape index (κ2) is 7.24. The molecule has 1 atom stereocenters. The standard InChI is InChI=1S/C15H27N5O/c1-7-20(8-2)15(21)11(6)17-14-10(5)12(16)18-13(19-14)9(3)4/h9,11H,7-8H2,1-6H3,(H3,16,17,18,19). The highest BCUT2D eigenvalue weighted by atomic mass is 16.2. The summed E-state index contributed by atoms with van der Waals surface area (Å²) < 4.78 is 0. The third-order valence-corrected chi connectivity index (χ3v) is 3.52. The SMILES string of the molecule is CCN(CC)C(=O)C(C)Nc1nc(C(C)C)nc(N)c1C. The van der Waals surface area contributed by atoms with Gasteiger partial charge in [0.05, 0.1) is 0 Å². The summed E-state index contributed by atoms with van der Waals surface area (Å²) in [5, 5.41) is 3.17. The van der Waals surface area contributed by atoms with Crippen LogP contribution in [-0.4, -0.2) is 39.9 Å². The minimum atomic E-state index is -0.349. The van der Waals surface area contributed by atoms with Gasteiger partial charge in [-0.1, -0.05) is 13.8 Å². The highest BCUT2D eigenvalue weighted by Crippen LogP contribution is 2.21. The number of hydrogen-bond donors (Lipinski definition) is 2. The molecule has 6 nitrogen and oxygen atoms in total. The maximum atomic E-state index is 12.3. The minimum Gasteiger partial charge on any atom is -0.383 e. The maximum absolute atomic E-state index is 12.3. The fourth-order valence-corrected chi connectivity index (χ4v) is 2.03. The van der Waals surface area contributed by atoms with E-state index in [-0.39, 0.29) is 17.9 Å². The first kappa shape index (κ1) is 17.2. The summed E-state index contributed by atoms with van der Waals surface area (Å²) in [5.41, 5.74) is 6.71. The van der Waals surface area contributed by atoms with Crippen LogP contribution < -0.4 is 11.1 Å². The van der Waals surface area contributed by atoms with E-state index in [1.54, 1.807) is 4.90 Å². The summed E-state index contributed by atoms with van der Waals surface area (Å²) in [5.74, 6) is 2.02. The Balaban J connectivity index is 2.99. The van der Waals surface area contributed by atoms with Gasteiger partial charge < -0.3 is 16.0 Å². The Morgan fingerprint density at radius 3 is 2.29 bits per heavy atom. The summed E-state index contributed by atoms with van der Waals surface area (Å²) in [6, 6.07) is -0.349. The molecule has 1 aromatic rings. The first-order valence-corrected chi connectivity index (χ1v) is 7.51. The lowest BCUT2D eigenvalue weighted by Gasteiger charge is -2.24. The van der Waals surface area contributed by atoms with Gasteiger partial charge in [0.15, 0.2) is 0 Å². The number of anilines is 2. The molecule has 0 saturated heterocycles. The molecule has 1 heterocycles. The predicted octanol–water partition coefficient (Wildman–Crippen LogP) is 2.16. The molecule has 1 amide bonds. The van der Waals surface area contributed by atoms with Crippen LogP contribution in [0.1, 0.15) is 51.9 Å². The van der Waals surface area contributed by atoms with E-state index in [1.807, 2.05) is 41.5 Å². The Kier molecular flexibility index (Phi) is 5.93. The summed E-state index contributed by atoms with van der Waals surface area (Å²) in [7, 11) is 0. The van der Waals surface area contributed by atoms with Gasteiger partial charge in [0.25, 0.3) is 0 Å². The van der Waals surface area contributed by atoms with Gasteiger partial charge in [-0.3, -0.25) is 4.79 Å².